The van der Waals surface area contributed by atoms with E-state index in [1.165, 1.54) is 7.11 Å². The van der Waals surface area contributed by atoms with Gasteiger partial charge in [-0.25, -0.2) is 9.59 Å². The fourth-order valence-corrected chi connectivity index (χ4v) is 5.28. The minimum atomic E-state index is -1.00. The van der Waals surface area contributed by atoms with Gasteiger partial charge < -0.3 is 30.3 Å². The third-order valence-corrected chi connectivity index (χ3v) is 7.56. The number of hydrogen-bond donors (Lipinski definition) is 3. The van der Waals surface area contributed by atoms with Gasteiger partial charge >= 0.3 is 12.0 Å². The quantitative estimate of drug-likeness (QED) is 0.348. The van der Waals surface area contributed by atoms with Gasteiger partial charge in [0.15, 0.2) is 0 Å². The van der Waals surface area contributed by atoms with E-state index in [0.717, 1.165) is 37.7 Å². The fourth-order valence-electron chi connectivity index (χ4n) is 5.28. The van der Waals surface area contributed by atoms with Crippen LogP contribution in [0.1, 0.15) is 70.3 Å². The third-order valence-electron chi connectivity index (χ3n) is 7.56. The summed E-state index contributed by atoms with van der Waals surface area (Å²) in [5.74, 6) is -1.10. The molecule has 1 aromatic rings. The molecule has 2 aliphatic rings. The zero-order valence-corrected chi connectivity index (χ0v) is 23.3. The number of esters is 1. The first-order chi connectivity index (χ1) is 18.9. The molecule has 3 N–H and O–H groups in total. The van der Waals surface area contributed by atoms with Crippen molar-refractivity contribution in [2.45, 2.75) is 88.8 Å². The van der Waals surface area contributed by atoms with Gasteiger partial charge in [-0.2, -0.15) is 0 Å². The average molecular weight is 545 g/mol. The third kappa shape index (κ3) is 9.23. The van der Waals surface area contributed by atoms with Crippen molar-refractivity contribution in [3.8, 4) is 0 Å². The lowest BCUT2D eigenvalue weighted by molar-refractivity contribution is -0.145. The summed E-state index contributed by atoms with van der Waals surface area (Å²) in [5.41, 5.74) is -0.101. The van der Waals surface area contributed by atoms with Gasteiger partial charge in [-0.15, -0.1) is 0 Å². The monoisotopic (exact) mass is 544 g/mol. The normalized spacial score (nSPS) is 18.4. The molecule has 3 rings (SSSR count). The van der Waals surface area contributed by atoms with E-state index in [9.17, 15) is 19.2 Å². The van der Waals surface area contributed by atoms with Crippen LogP contribution in [0.2, 0.25) is 0 Å². The van der Waals surface area contributed by atoms with E-state index >= 15 is 0 Å². The van der Waals surface area contributed by atoms with E-state index < -0.39 is 23.6 Å². The Kier molecular flexibility index (Phi) is 12.0. The summed E-state index contributed by atoms with van der Waals surface area (Å²) >= 11 is 0. The van der Waals surface area contributed by atoms with Crippen molar-refractivity contribution in [2.24, 2.45) is 0 Å². The molecule has 1 heterocycles. The Hall–Kier alpha value is -3.14. The predicted octanol–water partition coefficient (Wildman–Crippen LogP) is 2.70. The molecule has 1 aliphatic carbocycles. The first kappa shape index (κ1) is 30.4. The first-order valence-corrected chi connectivity index (χ1v) is 14.2. The van der Waals surface area contributed by atoms with Crippen molar-refractivity contribution in [3.63, 3.8) is 0 Å². The van der Waals surface area contributed by atoms with Crippen LogP contribution in [0.15, 0.2) is 30.3 Å². The maximum atomic E-state index is 13.7. The van der Waals surface area contributed by atoms with Crippen LogP contribution in [0, 0.1) is 0 Å². The average Bonchev–Trinajstić information content (AvgIpc) is 2.96. The van der Waals surface area contributed by atoms with Crippen molar-refractivity contribution >= 4 is 23.8 Å². The Balaban J connectivity index is 1.67. The molecule has 0 aromatic heterocycles. The molecule has 1 aliphatic heterocycles. The Morgan fingerprint density at radius 3 is 2.36 bits per heavy atom. The van der Waals surface area contributed by atoms with Gasteiger partial charge in [-0.1, -0.05) is 69.4 Å². The number of carbonyl (C=O) groups is 4. The number of nitrogens with zero attached hydrogens (tertiary/aromatic N) is 1. The highest BCUT2D eigenvalue weighted by Crippen LogP contribution is 2.29. The fraction of sp³-hybridized carbons (Fsp3) is 0.655. The van der Waals surface area contributed by atoms with Crippen molar-refractivity contribution in [1.82, 2.24) is 20.9 Å². The van der Waals surface area contributed by atoms with Crippen LogP contribution >= 0.6 is 0 Å². The summed E-state index contributed by atoms with van der Waals surface area (Å²) in [6, 6.07) is 7.92. The van der Waals surface area contributed by atoms with Gasteiger partial charge in [0.05, 0.1) is 20.3 Å². The molecule has 1 aromatic carbocycles. The number of nitrogens with one attached hydrogen (secondary N) is 3. The minimum absolute atomic E-state index is 0.0293. The number of unbranched alkanes of at least 4 members (excludes halogenated alkanes) is 1. The maximum absolute atomic E-state index is 13.7. The molecule has 1 saturated heterocycles. The standard InChI is InChI=1S/C29H44N4O6/c1-3-4-13-23(21-25(34)31-24(26(35)38-2)20-22-11-7-5-8-12-22)30-27(36)29(14-9-6-10-15-29)32-28(37)33-16-18-39-19-17-33/h5,7-8,11-12,23-24H,3-4,6,9-10,13-21H2,1-2H3,(H,30,36)(H,31,34)(H,32,37)/t23-,24-/m0/s1. The Labute approximate surface area is 231 Å². The molecule has 0 bridgehead atoms. The Morgan fingerprint density at radius 1 is 1.03 bits per heavy atom. The summed E-state index contributed by atoms with van der Waals surface area (Å²) in [6.45, 7) is 4.01. The molecule has 10 heteroatoms. The molecule has 0 spiro atoms. The Bertz CT molecular complexity index is 944. The van der Waals surface area contributed by atoms with Crippen LogP contribution in [0.5, 0.6) is 0 Å². The van der Waals surface area contributed by atoms with Crippen LogP contribution in [0.3, 0.4) is 0 Å². The number of morpholine rings is 1. The highest BCUT2D eigenvalue weighted by molar-refractivity contribution is 5.92. The highest BCUT2D eigenvalue weighted by Gasteiger charge is 2.42. The Morgan fingerprint density at radius 2 is 1.72 bits per heavy atom. The maximum Gasteiger partial charge on any atom is 0.328 e. The summed E-state index contributed by atoms with van der Waals surface area (Å²) in [7, 11) is 1.30. The molecule has 216 valence electrons. The predicted molar refractivity (Wildman–Crippen MR) is 147 cm³/mol. The number of urea groups is 1. The SMILES string of the molecule is CCCC[C@@H](CC(=O)N[C@@H](Cc1ccccc1)C(=O)OC)NC(=O)C1(NC(=O)N2CCOCC2)CCCCC1. The van der Waals surface area contributed by atoms with Gasteiger partial charge in [-0.3, -0.25) is 9.59 Å². The van der Waals surface area contributed by atoms with E-state index in [-0.39, 0.29) is 24.3 Å². The molecule has 39 heavy (non-hydrogen) atoms. The number of rotatable bonds is 12. The first-order valence-electron chi connectivity index (χ1n) is 14.2. The van der Waals surface area contributed by atoms with Gasteiger partial charge in [-0.05, 0) is 24.8 Å². The van der Waals surface area contributed by atoms with Crippen LogP contribution in [-0.2, 0) is 30.3 Å². The summed E-state index contributed by atoms with van der Waals surface area (Å²) < 4.78 is 10.3. The second kappa shape index (κ2) is 15.5. The van der Waals surface area contributed by atoms with Crippen LogP contribution in [0.25, 0.3) is 0 Å². The van der Waals surface area contributed by atoms with E-state index in [0.29, 0.717) is 52.0 Å². The number of amides is 4. The lowest BCUT2D eigenvalue weighted by atomic mass is 9.80. The molecule has 2 atom stereocenters. The number of hydrogen-bond acceptors (Lipinski definition) is 6. The van der Waals surface area contributed by atoms with E-state index in [1.54, 1.807) is 4.90 Å². The second-order valence-corrected chi connectivity index (χ2v) is 10.5. The lowest BCUT2D eigenvalue weighted by Crippen LogP contribution is -2.64. The van der Waals surface area contributed by atoms with Crippen molar-refractivity contribution in [1.29, 1.82) is 0 Å². The van der Waals surface area contributed by atoms with Crippen molar-refractivity contribution in [2.75, 3.05) is 33.4 Å². The smallest absolute Gasteiger partial charge is 0.328 e. The molecular formula is C29H44N4O6. The van der Waals surface area contributed by atoms with E-state index in [2.05, 4.69) is 22.9 Å². The minimum Gasteiger partial charge on any atom is -0.467 e. The van der Waals surface area contributed by atoms with Crippen LogP contribution in [-0.4, -0.2) is 79.8 Å². The molecule has 0 unspecified atom stereocenters. The zero-order valence-electron chi connectivity index (χ0n) is 23.3. The highest BCUT2D eigenvalue weighted by atomic mass is 16.5. The van der Waals surface area contributed by atoms with Crippen LogP contribution in [0.4, 0.5) is 4.79 Å². The lowest BCUT2D eigenvalue weighted by Gasteiger charge is -2.39. The van der Waals surface area contributed by atoms with Gasteiger partial charge in [0.2, 0.25) is 11.8 Å². The number of carbonyl (C=O) groups excluding carboxylic acids is 4. The molecule has 10 nitrogen and oxygen atoms in total. The molecule has 4 amide bonds. The summed E-state index contributed by atoms with van der Waals surface area (Å²) in [6.07, 6.45) is 6.51. The summed E-state index contributed by atoms with van der Waals surface area (Å²) in [5, 5.41) is 8.96. The molecule has 2 fully saturated rings. The van der Waals surface area contributed by atoms with Gasteiger partial charge in [0.25, 0.3) is 0 Å². The zero-order chi connectivity index (χ0) is 28.1. The van der Waals surface area contributed by atoms with Crippen molar-refractivity contribution < 1.29 is 28.7 Å². The van der Waals surface area contributed by atoms with E-state index in [4.69, 9.17) is 9.47 Å². The number of benzene rings is 1. The van der Waals surface area contributed by atoms with Gasteiger partial charge in [0.1, 0.15) is 11.6 Å². The molecular weight excluding hydrogens is 500 g/mol. The van der Waals surface area contributed by atoms with Gasteiger partial charge in [0, 0.05) is 32.0 Å². The number of ether oxygens (including phenoxy) is 2. The van der Waals surface area contributed by atoms with E-state index in [1.807, 2.05) is 30.3 Å². The summed E-state index contributed by atoms with van der Waals surface area (Å²) in [4.78, 5) is 54.0. The molecule has 0 radical (unpaired) electrons. The second-order valence-electron chi connectivity index (χ2n) is 10.5. The number of methoxy groups -OCH3 is 1. The van der Waals surface area contributed by atoms with Crippen molar-refractivity contribution in [3.05, 3.63) is 35.9 Å². The topological polar surface area (TPSA) is 126 Å². The molecule has 1 saturated carbocycles. The van der Waals surface area contributed by atoms with Crippen LogP contribution < -0.4 is 16.0 Å². The largest absolute Gasteiger partial charge is 0.467 e.